The minimum Gasteiger partial charge on any atom is -0.335 e. The van der Waals surface area contributed by atoms with E-state index in [1.54, 1.807) is 30.1 Å². The van der Waals surface area contributed by atoms with Gasteiger partial charge in [-0.1, -0.05) is 6.92 Å². The Kier molecular flexibility index (Phi) is 5.80. The van der Waals surface area contributed by atoms with Gasteiger partial charge in [0.1, 0.15) is 0 Å². The van der Waals surface area contributed by atoms with E-state index in [9.17, 15) is 13.2 Å². The topological polar surface area (TPSA) is 79.4 Å². The highest BCUT2D eigenvalue weighted by Gasteiger charge is 2.26. The maximum atomic E-state index is 12.2. The summed E-state index contributed by atoms with van der Waals surface area (Å²) in [6.07, 6.45) is 3.63. The zero-order valence-corrected chi connectivity index (χ0v) is 14.6. The Labute approximate surface area is 135 Å². The molecule has 2 amide bonds. The molecule has 0 radical (unpaired) electrons. The van der Waals surface area contributed by atoms with Crippen LogP contribution in [0.25, 0.3) is 0 Å². The Morgan fingerprint density at radius 1 is 1.50 bits per heavy atom. The highest BCUT2D eigenvalue weighted by Crippen LogP contribution is 2.29. The lowest BCUT2D eigenvalue weighted by atomic mass is 9.98. The molecule has 1 N–H and O–H groups in total. The van der Waals surface area contributed by atoms with Crippen LogP contribution in [-0.4, -0.2) is 55.0 Å². The molecule has 1 unspecified atom stereocenters. The smallest absolute Gasteiger partial charge is 0.317 e. The molecular formula is C14H23N3O3S2. The number of hydrogen-bond donors (Lipinski definition) is 1. The second kappa shape index (κ2) is 7.41. The fourth-order valence-electron chi connectivity index (χ4n) is 2.61. The van der Waals surface area contributed by atoms with Crippen molar-refractivity contribution >= 4 is 27.2 Å². The molecule has 0 saturated carbocycles. The van der Waals surface area contributed by atoms with Crippen molar-refractivity contribution in [2.24, 2.45) is 0 Å². The van der Waals surface area contributed by atoms with Crippen LogP contribution in [0.1, 0.15) is 37.6 Å². The van der Waals surface area contributed by atoms with E-state index in [0.717, 1.165) is 17.8 Å². The highest BCUT2D eigenvalue weighted by molar-refractivity contribution is 7.91. The fourth-order valence-corrected chi connectivity index (χ4v) is 4.50. The zero-order valence-electron chi connectivity index (χ0n) is 13.0. The van der Waals surface area contributed by atoms with Gasteiger partial charge in [0.15, 0.2) is 9.84 Å². The van der Waals surface area contributed by atoms with Crippen molar-refractivity contribution in [1.82, 2.24) is 15.2 Å². The molecule has 1 aliphatic rings. The maximum Gasteiger partial charge on any atom is 0.317 e. The van der Waals surface area contributed by atoms with Gasteiger partial charge in [0.05, 0.1) is 10.8 Å². The molecule has 1 saturated heterocycles. The summed E-state index contributed by atoms with van der Waals surface area (Å²) in [6, 6.07) is -0.537. The molecule has 2 rings (SSSR count). The molecule has 2 heterocycles. The summed E-state index contributed by atoms with van der Waals surface area (Å²) in [7, 11) is -3.07. The second-order valence-corrected chi connectivity index (χ2v) is 9.01. The van der Waals surface area contributed by atoms with E-state index < -0.39 is 9.84 Å². The van der Waals surface area contributed by atoms with E-state index in [2.05, 4.69) is 10.3 Å². The van der Waals surface area contributed by atoms with Gasteiger partial charge in [0, 0.05) is 42.4 Å². The van der Waals surface area contributed by atoms with Crippen molar-refractivity contribution in [3.63, 3.8) is 0 Å². The lowest BCUT2D eigenvalue weighted by molar-refractivity contribution is 0.179. The van der Waals surface area contributed by atoms with E-state index in [-0.39, 0.29) is 23.6 Å². The third kappa shape index (κ3) is 4.67. The molecule has 1 atom stereocenters. The molecule has 22 heavy (non-hydrogen) atoms. The molecule has 1 fully saturated rings. The first-order chi connectivity index (χ1) is 10.4. The summed E-state index contributed by atoms with van der Waals surface area (Å²) in [4.78, 5) is 18.3. The molecule has 124 valence electrons. The van der Waals surface area contributed by atoms with Crippen molar-refractivity contribution in [3.05, 3.63) is 16.6 Å². The number of aromatic nitrogens is 1. The van der Waals surface area contributed by atoms with Crippen molar-refractivity contribution in [1.29, 1.82) is 0 Å². The number of thiazole rings is 1. The van der Waals surface area contributed by atoms with Crippen LogP contribution in [0.5, 0.6) is 0 Å². The first-order valence-electron chi connectivity index (χ1n) is 7.56. The number of nitrogens with one attached hydrogen (secondary N) is 1. The van der Waals surface area contributed by atoms with Gasteiger partial charge < -0.3 is 10.2 Å². The van der Waals surface area contributed by atoms with Gasteiger partial charge in [-0.15, -0.1) is 11.3 Å². The van der Waals surface area contributed by atoms with E-state index in [4.69, 9.17) is 0 Å². The average Bonchev–Trinajstić information content (AvgIpc) is 3.01. The lowest BCUT2D eigenvalue weighted by Gasteiger charge is -2.32. The quantitative estimate of drug-likeness (QED) is 0.883. The van der Waals surface area contributed by atoms with Crippen LogP contribution >= 0.6 is 11.3 Å². The normalized spacial score (nSPS) is 18.2. The number of amides is 2. The van der Waals surface area contributed by atoms with Crippen LogP contribution < -0.4 is 5.32 Å². The van der Waals surface area contributed by atoms with E-state index >= 15 is 0 Å². The van der Waals surface area contributed by atoms with Gasteiger partial charge >= 0.3 is 6.03 Å². The highest BCUT2D eigenvalue weighted by atomic mass is 32.2. The molecule has 1 aliphatic heterocycles. The van der Waals surface area contributed by atoms with Crippen LogP contribution in [0.4, 0.5) is 4.79 Å². The summed E-state index contributed by atoms with van der Waals surface area (Å²) in [5.41, 5.74) is 0. The summed E-state index contributed by atoms with van der Waals surface area (Å²) < 4.78 is 23.1. The molecule has 0 aliphatic carbocycles. The first-order valence-corrected chi connectivity index (χ1v) is 10.3. The monoisotopic (exact) mass is 345 g/mol. The van der Waals surface area contributed by atoms with Gasteiger partial charge in [0.25, 0.3) is 0 Å². The van der Waals surface area contributed by atoms with Crippen LogP contribution in [0.15, 0.2) is 11.6 Å². The number of nitrogens with zero attached hydrogens (tertiary/aromatic N) is 2. The Hall–Kier alpha value is -1.15. The average molecular weight is 345 g/mol. The Bertz CT molecular complexity index is 578. The number of rotatable bonds is 5. The standard InChI is InChI=1S/C14H23N3O3S2/c1-3-22(19,20)10-11(2)16-14(18)17-7-4-12(5-8-17)13-15-6-9-21-13/h6,9,11-12H,3-5,7-8,10H2,1-2H3,(H,16,18). The number of piperidine rings is 1. The van der Waals surface area contributed by atoms with Gasteiger partial charge in [-0.25, -0.2) is 18.2 Å². The van der Waals surface area contributed by atoms with E-state index in [1.165, 1.54) is 0 Å². The summed E-state index contributed by atoms with van der Waals surface area (Å²) in [5.74, 6) is 0.527. The number of sulfone groups is 1. The third-order valence-corrected chi connectivity index (χ3v) is 6.72. The lowest BCUT2D eigenvalue weighted by Crippen LogP contribution is -2.48. The molecule has 1 aromatic rings. The van der Waals surface area contributed by atoms with Crippen LogP contribution in [0.2, 0.25) is 0 Å². The summed E-state index contributed by atoms with van der Waals surface area (Å²) >= 11 is 1.66. The molecular weight excluding hydrogens is 322 g/mol. The zero-order chi connectivity index (χ0) is 16.2. The van der Waals surface area contributed by atoms with Crippen LogP contribution in [0, 0.1) is 0 Å². The molecule has 6 nitrogen and oxygen atoms in total. The minimum atomic E-state index is -3.07. The molecule has 0 aromatic carbocycles. The predicted octanol–water partition coefficient (Wildman–Crippen LogP) is 1.86. The van der Waals surface area contributed by atoms with Crippen LogP contribution in [-0.2, 0) is 9.84 Å². The predicted molar refractivity (Wildman–Crippen MR) is 88.0 cm³/mol. The van der Waals surface area contributed by atoms with Crippen LogP contribution in [0.3, 0.4) is 0 Å². The minimum absolute atomic E-state index is 0.00911. The Morgan fingerprint density at radius 3 is 2.73 bits per heavy atom. The van der Waals surface area contributed by atoms with Crippen molar-refractivity contribution < 1.29 is 13.2 Å². The molecule has 0 spiro atoms. The fraction of sp³-hybridized carbons (Fsp3) is 0.714. The van der Waals surface area contributed by atoms with Gasteiger partial charge in [-0.3, -0.25) is 0 Å². The largest absolute Gasteiger partial charge is 0.335 e. The Balaban J connectivity index is 1.80. The third-order valence-electron chi connectivity index (χ3n) is 3.90. The Morgan fingerprint density at radius 2 is 2.18 bits per heavy atom. The van der Waals surface area contributed by atoms with E-state index in [1.807, 2.05) is 11.6 Å². The van der Waals surface area contributed by atoms with Gasteiger partial charge in [0.2, 0.25) is 0 Å². The van der Waals surface area contributed by atoms with Crippen molar-refractivity contribution in [2.45, 2.75) is 38.6 Å². The molecule has 1 aromatic heterocycles. The second-order valence-electron chi connectivity index (χ2n) is 5.68. The number of carbonyl (C=O) groups excluding carboxylic acids is 1. The number of likely N-dealkylation sites (tertiary alicyclic amines) is 1. The SMILES string of the molecule is CCS(=O)(=O)CC(C)NC(=O)N1CCC(c2nccs2)CC1. The molecule has 8 heteroatoms. The van der Waals surface area contributed by atoms with Gasteiger partial charge in [-0.05, 0) is 19.8 Å². The number of hydrogen-bond acceptors (Lipinski definition) is 5. The number of urea groups is 1. The maximum absolute atomic E-state index is 12.2. The summed E-state index contributed by atoms with van der Waals surface area (Å²) in [6.45, 7) is 4.72. The summed E-state index contributed by atoms with van der Waals surface area (Å²) in [5, 5.41) is 5.90. The van der Waals surface area contributed by atoms with Crippen molar-refractivity contribution in [3.8, 4) is 0 Å². The van der Waals surface area contributed by atoms with Crippen molar-refractivity contribution in [2.75, 3.05) is 24.6 Å². The first kappa shape index (κ1) is 17.2. The molecule has 0 bridgehead atoms. The van der Waals surface area contributed by atoms with Gasteiger partial charge in [-0.2, -0.15) is 0 Å². The van der Waals surface area contributed by atoms with E-state index in [0.29, 0.717) is 19.0 Å². The number of carbonyl (C=O) groups is 1.